The quantitative estimate of drug-likeness (QED) is 0.659. The second kappa shape index (κ2) is 6.21. The summed E-state index contributed by atoms with van der Waals surface area (Å²) in [5.74, 6) is -0.861. The molecule has 1 unspecified atom stereocenters. The first-order chi connectivity index (χ1) is 13.5. The van der Waals surface area contributed by atoms with E-state index in [4.69, 9.17) is 0 Å². The van der Waals surface area contributed by atoms with Crippen molar-refractivity contribution in [3.8, 4) is 0 Å². The van der Waals surface area contributed by atoms with Gasteiger partial charge in [0.25, 0.3) is 0 Å². The van der Waals surface area contributed by atoms with Gasteiger partial charge in [0.05, 0.1) is 5.56 Å². The Balaban J connectivity index is 1.49. The van der Waals surface area contributed by atoms with Crippen LogP contribution in [-0.4, -0.2) is 27.5 Å². The van der Waals surface area contributed by atoms with Gasteiger partial charge in [-0.15, -0.1) is 0 Å². The molecule has 1 atom stereocenters. The summed E-state index contributed by atoms with van der Waals surface area (Å²) in [7, 11) is 0. The van der Waals surface area contributed by atoms with Crippen molar-refractivity contribution in [3.05, 3.63) is 70.4 Å². The Labute approximate surface area is 165 Å². The highest BCUT2D eigenvalue weighted by molar-refractivity contribution is 5.88. The molecule has 0 amide bonds. The van der Waals surface area contributed by atoms with Crippen LogP contribution in [0.25, 0.3) is 10.9 Å². The number of fused-ring (bicyclic) bond motifs is 1. The van der Waals surface area contributed by atoms with Gasteiger partial charge in [-0.2, -0.15) is 0 Å². The monoisotopic (exact) mass is 374 g/mol. The number of carbonyl (C=O) groups is 1. The molecule has 1 saturated heterocycles. The molecule has 4 heteroatoms. The highest BCUT2D eigenvalue weighted by atomic mass is 16.4. The number of nitrogens with zero attached hydrogens (tertiary/aromatic N) is 1. The molecule has 1 saturated carbocycles. The van der Waals surface area contributed by atoms with Gasteiger partial charge in [0, 0.05) is 41.6 Å². The average molecular weight is 374 g/mol. The van der Waals surface area contributed by atoms with Gasteiger partial charge < -0.3 is 10.1 Å². The summed E-state index contributed by atoms with van der Waals surface area (Å²) in [6.45, 7) is 6.45. The maximum Gasteiger partial charge on any atom is 0.335 e. The molecule has 2 heterocycles. The number of rotatable bonds is 4. The van der Waals surface area contributed by atoms with Crippen molar-refractivity contribution in [1.29, 1.82) is 0 Å². The van der Waals surface area contributed by atoms with Gasteiger partial charge in [0.1, 0.15) is 0 Å². The predicted molar refractivity (Wildman–Crippen MR) is 111 cm³/mol. The maximum absolute atomic E-state index is 11.2. The third-order valence-corrected chi connectivity index (χ3v) is 7.02. The highest BCUT2D eigenvalue weighted by Crippen LogP contribution is 2.60. The molecule has 1 aliphatic carbocycles. The Morgan fingerprint density at radius 1 is 1.18 bits per heavy atom. The van der Waals surface area contributed by atoms with Crippen molar-refractivity contribution < 1.29 is 9.90 Å². The van der Waals surface area contributed by atoms with Crippen LogP contribution in [0.15, 0.2) is 42.6 Å². The third-order valence-electron chi connectivity index (χ3n) is 7.02. The van der Waals surface area contributed by atoms with Crippen LogP contribution in [0.3, 0.4) is 0 Å². The summed E-state index contributed by atoms with van der Waals surface area (Å²) in [6, 6.07) is 12.4. The molecule has 1 spiro atoms. The van der Waals surface area contributed by atoms with E-state index in [2.05, 4.69) is 35.9 Å². The van der Waals surface area contributed by atoms with Gasteiger partial charge in [-0.3, -0.25) is 4.90 Å². The normalized spacial score (nSPS) is 20.9. The van der Waals surface area contributed by atoms with Crippen molar-refractivity contribution in [2.24, 2.45) is 5.41 Å². The lowest BCUT2D eigenvalue weighted by atomic mass is 9.56. The van der Waals surface area contributed by atoms with E-state index in [9.17, 15) is 9.90 Å². The number of aromatic nitrogens is 1. The van der Waals surface area contributed by atoms with Crippen LogP contribution in [-0.2, 0) is 6.54 Å². The first-order valence-electron chi connectivity index (χ1n) is 10.1. The Morgan fingerprint density at radius 3 is 2.57 bits per heavy atom. The van der Waals surface area contributed by atoms with Crippen molar-refractivity contribution in [1.82, 2.24) is 9.88 Å². The highest BCUT2D eigenvalue weighted by Gasteiger charge is 2.56. The number of nitrogens with one attached hydrogen (secondary N) is 1. The summed E-state index contributed by atoms with van der Waals surface area (Å²) in [5.41, 5.74) is 7.29. The number of aromatic carboxylic acids is 1. The van der Waals surface area contributed by atoms with Gasteiger partial charge in [-0.05, 0) is 67.1 Å². The fourth-order valence-electron chi connectivity index (χ4n) is 5.50. The van der Waals surface area contributed by atoms with Crippen LogP contribution in [0.5, 0.6) is 0 Å². The number of H-pyrrole nitrogens is 1. The van der Waals surface area contributed by atoms with E-state index >= 15 is 0 Å². The van der Waals surface area contributed by atoms with Gasteiger partial charge in [-0.1, -0.05) is 24.6 Å². The molecule has 0 bridgehead atoms. The average Bonchev–Trinajstić information content (AvgIpc) is 3.09. The Morgan fingerprint density at radius 2 is 1.93 bits per heavy atom. The lowest BCUT2D eigenvalue weighted by molar-refractivity contribution is -0.133. The number of benzene rings is 2. The zero-order valence-corrected chi connectivity index (χ0v) is 16.5. The van der Waals surface area contributed by atoms with E-state index in [1.807, 2.05) is 18.3 Å². The van der Waals surface area contributed by atoms with E-state index in [-0.39, 0.29) is 0 Å². The predicted octanol–water partition coefficient (Wildman–Crippen LogP) is 5.21. The van der Waals surface area contributed by atoms with Crippen molar-refractivity contribution in [2.45, 2.75) is 45.7 Å². The van der Waals surface area contributed by atoms with Crippen LogP contribution in [0.1, 0.15) is 57.9 Å². The number of hydrogen-bond acceptors (Lipinski definition) is 2. The summed E-state index contributed by atoms with van der Waals surface area (Å²) in [6.07, 6.45) is 5.90. The van der Waals surface area contributed by atoms with Crippen LogP contribution in [0, 0.1) is 19.3 Å². The summed E-state index contributed by atoms with van der Waals surface area (Å²) < 4.78 is 0. The van der Waals surface area contributed by atoms with Crippen molar-refractivity contribution in [3.63, 3.8) is 0 Å². The fourth-order valence-corrected chi connectivity index (χ4v) is 5.50. The molecule has 2 fully saturated rings. The van der Waals surface area contributed by atoms with E-state index in [0.717, 1.165) is 13.1 Å². The lowest BCUT2D eigenvalue weighted by Gasteiger charge is -2.63. The van der Waals surface area contributed by atoms with Gasteiger partial charge >= 0.3 is 5.97 Å². The fraction of sp³-hybridized carbons (Fsp3) is 0.375. The van der Waals surface area contributed by atoms with Crippen LogP contribution >= 0.6 is 0 Å². The largest absolute Gasteiger partial charge is 0.478 e. The number of hydrogen-bond donors (Lipinski definition) is 2. The zero-order chi connectivity index (χ0) is 19.5. The molecule has 4 nitrogen and oxygen atoms in total. The van der Waals surface area contributed by atoms with Gasteiger partial charge in [0.2, 0.25) is 0 Å². The second-order valence-corrected chi connectivity index (χ2v) is 8.71. The molecule has 28 heavy (non-hydrogen) atoms. The van der Waals surface area contributed by atoms with Crippen LogP contribution in [0.4, 0.5) is 0 Å². The molecule has 1 aromatic heterocycles. The molecule has 1 aliphatic heterocycles. The maximum atomic E-state index is 11.2. The van der Waals surface area contributed by atoms with E-state index in [1.54, 1.807) is 12.1 Å². The minimum Gasteiger partial charge on any atom is -0.478 e. The Hall–Kier alpha value is -2.59. The van der Waals surface area contributed by atoms with Gasteiger partial charge in [-0.25, -0.2) is 4.79 Å². The molecule has 0 radical (unpaired) electrons. The molecule has 2 N–H and O–H groups in total. The summed E-state index contributed by atoms with van der Waals surface area (Å²) in [4.78, 5) is 17.2. The van der Waals surface area contributed by atoms with E-state index in [0.29, 0.717) is 17.0 Å². The first kappa shape index (κ1) is 17.5. The Kier molecular flexibility index (Phi) is 3.88. The van der Waals surface area contributed by atoms with E-state index in [1.165, 1.54) is 52.4 Å². The lowest BCUT2D eigenvalue weighted by Crippen LogP contribution is -2.61. The number of carboxylic acids is 1. The molecule has 5 rings (SSSR count). The summed E-state index contributed by atoms with van der Waals surface area (Å²) in [5, 5.41) is 10.5. The molecule has 2 aliphatic rings. The van der Waals surface area contributed by atoms with E-state index < -0.39 is 5.97 Å². The Bertz CT molecular complexity index is 1060. The topological polar surface area (TPSA) is 56.3 Å². The molecular formula is C24H26N2O2. The molecule has 3 aromatic rings. The minimum atomic E-state index is -0.861. The van der Waals surface area contributed by atoms with Crippen molar-refractivity contribution in [2.75, 3.05) is 6.54 Å². The number of carboxylic acid groups (broad SMARTS) is 1. The smallest absolute Gasteiger partial charge is 0.335 e. The third kappa shape index (κ3) is 2.51. The number of likely N-dealkylation sites (tertiary alicyclic amines) is 1. The SMILES string of the molecule is Cc1cc(C)c2[nH]ccc2c1CN1CC2(CCC2)C1c1ccc(C(=O)O)cc1. The second-order valence-electron chi connectivity index (χ2n) is 8.71. The van der Waals surface area contributed by atoms with Crippen molar-refractivity contribution >= 4 is 16.9 Å². The van der Waals surface area contributed by atoms with Crippen LogP contribution in [0.2, 0.25) is 0 Å². The number of aryl methyl sites for hydroxylation is 2. The molecule has 2 aromatic carbocycles. The van der Waals surface area contributed by atoms with Gasteiger partial charge in [0.15, 0.2) is 0 Å². The number of aromatic amines is 1. The van der Waals surface area contributed by atoms with Crippen LogP contribution < -0.4 is 0 Å². The molecular weight excluding hydrogens is 348 g/mol. The first-order valence-corrected chi connectivity index (χ1v) is 10.1. The minimum absolute atomic E-state index is 0.362. The zero-order valence-electron chi connectivity index (χ0n) is 16.5. The standard InChI is InChI=1S/C24H26N2O2/c1-15-12-16(2)21-19(8-11-25-21)20(15)13-26-14-24(9-3-10-24)22(26)17-4-6-18(7-5-17)23(27)28/h4-8,11-12,22,25H,3,9-10,13-14H2,1-2H3,(H,27,28). The molecule has 144 valence electrons. The summed E-state index contributed by atoms with van der Waals surface area (Å²) >= 11 is 0.